The molecule has 0 amide bonds. The number of hydrogen-bond donors (Lipinski definition) is 1. The number of carboxylic acids is 1. The van der Waals surface area contributed by atoms with Crippen LogP contribution in [0.4, 0.5) is 0 Å². The molecule has 0 aliphatic rings. The van der Waals surface area contributed by atoms with Crippen molar-refractivity contribution in [1.82, 2.24) is 5.01 Å². The van der Waals surface area contributed by atoms with Crippen LogP contribution in [0.5, 0.6) is 0 Å². The summed E-state index contributed by atoms with van der Waals surface area (Å²) in [7, 11) is 1.45. The van der Waals surface area contributed by atoms with E-state index in [1.807, 2.05) is 0 Å². The zero-order valence-corrected chi connectivity index (χ0v) is 12.1. The standard InChI is InChI=1S/C11H21N3O5/c1-10(2,3)9(17)18-7-19-13-12-14(6)11(4,5)8(15)16/h7H2,1-6H3,(H,15,16)/b13-12-. The highest BCUT2D eigenvalue weighted by molar-refractivity contribution is 5.77. The molecule has 1 N–H and O–H groups in total. The van der Waals surface area contributed by atoms with Crippen molar-refractivity contribution < 1.29 is 24.3 Å². The van der Waals surface area contributed by atoms with Gasteiger partial charge in [-0.05, 0) is 39.8 Å². The van der Waals surface area contributed by atoms with Crippen LogP contribution in [-0.4, -0.2) is 41.4 Å². The quantitative estimate of drug-likeness (QED) is 0.260. The van der Waals surface area contributed by atoms with E-state index in [-0.39, 0.29) is 6.79 Å². The van der Waals surface area contributed by atoms with Gasteiger partial charge < -0.3 is 14.7 Å². The fourth-order valence-electron chi connectivity index (χ4n) is 0.651. The Labute approximate surface area is 112 Å². The van der Waals surface area contributed by atoms with Gasteiger partial charge in [-0.25, -0.2) is 4.79 Å². The summed E-state index contributed by atoms with van der Waals surface area (Å²) in [6.45, 7) is 7.68. The molecule has 0 aliphatic carbocycles. The SMILES string of the molecule is CN(/N=N\OCOC(=O)C(C)(C)C)C(C)(C)C(=O)O. The number of carboxylic acid groups (broad SMARTS) is 1. The minimum absolute atomic E-state index is 0.374. The second-order valence-electron chi connectivity index (χ2n) is 5.49. The van der Waals surface area contributed by atoms with Gasteiger partial charge in [0.1, 0.15) is 0 Å². The van der Waals surface area contributed by atoms with Gasteiger partial charge >= 0.3 is 11.9 Å². The molecule has 19 heavy (non-hydrogen) atoms. The second-order valence-corrected chi connectivity index (χ2v) is 5.49. The van der Waals surface area contributed by atoms with E-state index in [1.165, 1.54) is 20.9 Å². The van der Waals surface area contributed by atoms with Crippen molar-refractivity contribution in [2.75, 3.05) is 13.8 Å². The molecule has 0 spiro atoms. The fourth-order valence-corrected chi connectivity index (χ4v) is 0.651. The maximum Gasteiger partial charge on any atom is 0.330 e. The molecule has 0 saturated heterocycles. The first-order valence-corrected chi connectivity index (χ1v) is 5.67. The number of nitrogens with zero attached hydrogens (tertiary/aromatic N) is 3. The van der Waals surface area contributed by atoms with Crippen LogP contribution in [0.2, 0.25) is 0 Å². The van der Waals surface area contributed by atoms with Crippen molar-refractivity contribution >= 4 is 11.9 Å². The third kappa shape index (κ3) is 5.54. The minimum Gasteiger partial charge on any atom is -0.479 e. The van der Waals surface area contributed by atoms with Crippen molar-refractivity contribution in [3.8, 4) is 0 Å². The second kappa shape index (κ2) is 6.35. The van der Waals surface area contributed by atoms with E-state index < -0.39 is 22.9 Å². The molecule has 0 bridgehead atoms. The molecule has 110 valence electrons. The summed E-state index contributed by atoms with van der Waals surface area (Å²) in [5.41, 5.74) is -1.84. The summed E-state index contributed by atoms with van der Waals surface area (Å²) in [4.78, 5) is 26.9. The first kappa shape index (κ1) is 17.1. The summed E-state index contributed by atoms with van der Waals surface area (Å²) in [5, 5.41) is 16.9. The summed E-state index contributed by atoms with van der Waals surface area (Å²) in [6.07, 6.45) is 0. The summed E-state index contributed by atoms with van der Waals surface area (Å²) < 4.78 is 4.77. The molecule has 0 heterocycles. The van der Waals surface area contributed by atoms with Gasteiger partial charge in [0.25, 0.3) is 6.79 Å². The molecule has 0 saturated carbocycles. The van der Waals surface area contributed by atoms with Crippen molar-refractivity contribution in [3.05, 3.63) is 0 Å². The first-order valence-electron chi connectivity index (χ1n) is 5.67. The molecular weight excluding hydrogens is 254 g/mol. The Morgan fingerprint density at radius 3 is 2.16 bits per heavy atom. The molecule has 0 fully saturated rings. The van der Waals surface area contributed by atoms with Crippen LogP contribution >= 0.6 is 0 Å². The average Bonchev–Trinajstić information content (AvgIpc) is 2.26. The number of esters is 1. The number of hydrogen-bond acceptors (Lipinski definition) is 6. The van der Waals surface area contributed by atoms with Crippen molar-refractivity contribution in [3.63, 3.8) is 0 Å². The van der Waals surface area contributed by atoms with Gasteiger partial charge in [-0.15, -0.1) is 0 Å². The Morgan fingerprint density at radius 1 is 1.21 bits per heavy atom. The Morgan fingerprint density at radius 2 is 1.74 bits per heavy atom. The Hall–Kier alpha value is -1.86. The Bertz CT molecular complexity index is 360. The predicted octanol–water partition coefficient (Wildman–Crippen LogP) is 1.63. The monoisotopic (exact) mass is 275 g/mol. The molecule has 0 radical (unpaired) electrons. The highest BCUT2D eigenvalue weighted by atomic mass is 16.8. The highest BCUT2D eigenvalue weighted by Crippen LogP contribution is 2.15. The third-order valence-corrected chi connectivity index (χ3v) is 2.42. The third-order valence-electron chi connectivity index (χ3n) is 2.42. The molecule has 0 aliphatic heterocycles. The molecule has 0 aromatic heterocycles. The van der Waals surface area contributed by atoms with Gasteiger partial charge in [-0.1, -0.05) is 0 Å². The molecule has 0 rings (SSSR count). The zero-order chi connectivity index (χ0) is 15.3. The topological polar surface area (TPSA) is 101 Å². The average molecular weight is 275 g/mol. The molecule has 0 atom stereocenters. The Kier molecular flexibility index (Phi) is 5.73. The Balaban J connectivity index is 4.13. The molecular formula is C11H21N3O5. The van der Waals surface area contributed by atoms with E-state index in [4.69, 9.17) is 9.84 Å². The fraction of sp³-hybridized carbons (Fsp3) is 0.818. The van der Waals surface area contributed by atoms with E-state index in [0.29, 0.717) is 0 Å². The first-order chi connectivity index (χ1) is 8.49. The normalized spacial score (nSPS) is 12.3. The van der Waals surface area contributed by atoms with Crippen molar-refractivity contribution in [2.24, 2.45) is 15.9 Å². The van der Waals surface area contributed by atoms with Crippen LogP contribution in [0.3, 0.4) is 0 Å². The van der Waals surface area contributed by atoms with E-state index in [1.54, 1.807) is 20.8 Å². The summed E-state index contributed by atoms with van der Waals surface area (Å²) in [6, 6.07) is 0. The van der Waals surface area contributed by atoms with Crippen LogP contribution < -0.4 is 0 Å². The van der Waals surface area contributed by atoms with Gasteiger partial charge in [-0.3, -0.25) is 9.80 Å². The number of aliphatic carboxylic acids is 1. The van der Waals surface area contributed by atoms with E-state index in [2.05, 4.69) is 15.3 Å². The van der Waals surface area contributed by atoms with E-state index in [0.717, 1.165) is 5.01 Å². The molecule has 0 unspecified atom stereocenters. The van der Waals surface area contributed by atoms with Crippen LogP contribution in [-0.2, 0) is 19.2 Å². The predicted molar refractivity (Wildman–Crippen MR) is 65.8 cm³/mol. The van der Waals surface area contributed by atoms with E-state index in [9.17, 15) is 9.59 Å². The molecule has 0 aromatic rings. The van der Waals surface area contributed by atoms with Crippen LogP contribution in [0, 0.1) is 5.41 Å². The largest absolute Gasteiger partial charge is 0.479 e. The zero-order valence-electron chi connectivity index (χ0n) is 12.1. The van der Waals surface area contributed by atoms with Crippen LogP contribution in [0.15, 0.2) is 10.5 Å². The van der Waals surface area contributed by atoms with Crippen LogP contribution in [0.1, 0.15) is 34.6 Å². The number of rotatable bonds is 6. The number of ether oxygens (including phenoxy) is 1. The molecule has 8 nitrogen and oxygen atoms in total. The summed E-state index contributed by atoms with van der Waals surface area (Å²) in [5.74, 6) is -1.48. The van der Waals surface area contributed by atoms with Crippen molar-refractivity contribution in [1.29, 1.82) is 0 Å². The van der Waals surface area contributed by atoms with Crippen LogP contribution in [0.25, 0.3) is 0 Å². The lowest BCUT2D eigenvalue weighted by Gasteiger charge is -2.26. The smallest absolute Gasteiger partial charge is 0.330 e. The van der Waals surface area contributed by atoms with Gasteiger partial charge in [0.05, 0.1) is 5.41 Å². The molecule has 8 heteroatoms. The number of likely N-dealkylation sites (N-methyl/N-ethyl adjacent to an activating group) is 1. The number of carbonyl (C=O) groups is 2. The lowest BCUT2D eigenvalue weighted by Crippen LogP contribution is -2.44. The lowest BCUT2D eigenvalue weighted by molar-refractivity contribution is -0.167. The van der Waals surface area contributed by atoms with E-state index >= 15 is 0 Å². The minimum atomic E-state index is -1.21. The maximum atomic E-state index is 11.3. The number of carbonyl (C=O) groups excluding carboxylic acids is 1. The van der Waals surface area contributed by atoms with Gasteiger partial charge in [0.15, 0.2) is 5.54 Å². The molecule has 0 aromatic carbocycles. The van der Waals surface area contributed by atoms with Gasteiger partial charge in [0, 0.05) is 12.3 Å². The lowest BCUT2D eigenvalue weighted by atomic mass is 9.98. The van der Waals surface area contributed by atoms with Crippen molar-refractivity contribution in [2.45, 2.75) is 40.2 Å². The highest BCUT2D eigenvalue weighted by Gasteiger charge is 2.32. The van der Waals surface area contributed by atoms with Gasteiger partial charge in [0.2, 0.25) is 0 Å². The van der Waals surface area contributed by atoms with Gasteiger partial charge in [-0.2, -0.15) is 0 Å². The summed E-state index contributed by atoms with van der Waals surface area (Å²) >= 11 is 0. The maximum absolute atomic E-state index is 11.3.